The molecule has 0 spiro atoms. The van der Waals surface area contributed by atoms with Gasteiger partial charge in [-0.25, -0.2) is 0 Å². The molecule has 0 saturated heterocycles. The van der Waals surface area contributed by atoms with Gasteiger partial charge in [0.25, 0.3) is 0 Å². The molecule has 0 bridgehead atoms. The largest absolute Gasteiger partial charge is 0.505 e. The van der Waals surface area contributed by atoms with Gasteiger partial charge in [-0.3, -0.25) is 9.98 Å². The van der Waals surface area contributed by atoms with Gasteiger partial charge in [-0.05, 0) is 26.3 Å². The molecule has 1 aromatic carbocycles. The smallest absolute Gasteiger partial charge is 0.145 e. The zero-order valence-corrected chi connectivity index (χ0v) is 15.3. The fourth-order valence-corrected chi connectivity index (χ4v) is 2.72. The molecule has 0 unspecified atom stereocenters. The van der Waals surface area contributed by atoms with Crippen LogP contribution in [0.15, 0.2) is 35.5 Å². The van der Waals surface area contributed by atoms with E-state index in [9.17, 15) is 10.2 Å². The molecular formula is C20H28N3O2+. The fourth-order valence-electron chi connectivity index (χ4n) is 2.72. The first-order valence-electron chi connectivity index (χ1n) is 8.78. The molecule has 0 amide bonds. The molecule has 0 saturated carbocycles. The Hall–Kier alpha value is -2.24. The lowest BCUT2D eigenvalue weighted by molar-refractivity contribution is -0.910. The van der Waals surface area contributed by atoms with E-state index in [-0.39, 0.29) is 12.4 Å². The molecule has 0 aliphatic carbocycles. The summed E-state index contributed by atoms with van der Waals surface area (Å²) in [7, 11) is 0. The highest BCUT2D eigenvalue weighted by molar-refractivity contribution is 5.85. The normalized spacial score (nSPS) is 11.6. The molecule has 2 aromatic rings. The van der Waals surface area contributed by atoms with Crippen LogP contribution < -0.4 is 4.90 Å². The van der Waals surface area contributed by atoms with Gasteiger partial charge in [-0.1, -0.05) is 24.3 Å². The highest BCUT2D eigenvalue weighted by Crippen LogP contribution is 2.22. The summed E-state index contributed by atoms with van der Waals surface area (Å²) < 4.78 is 0. The Kier molecular flexibility index (Phi) is 7.10. The second-order valence-corrected chi connectivity index (χ2v) is 6.21. The molecule has 5 nitrogen and oxygen atoms in total. The first-order valence-corrected chi connectivity index (χ1v) is 8.78. The Morgan fingerprint density at radius 3 is 2.36 bits per heavy atom. The number of quaternary nitrogens is 1. The van der Waals surface area contributed by atoms with Crippen molar-refractivity contribution < 1.29 is 15.1 Å². The third-order valence-electron chi connectivity index (χ3n) is 4.50. The third kappa shape index (κ3) is 5.11. The Morgan fingerprint density at radius 2 is 1.76 bits per heavy atom. The van der Waals surface area contributed by atoms with Crippen LogP contribution in [0.3, 0.4) is 0 Å². The number of aromatic hydroxyl groups is 1. The quantitative estimate of drug-likeness (QED) is 0.639. The van der Waals surface area contributed by atoms with Gasteiger partial charge in [0.1, 0.15) is 12.3 Å². The number of nitrogens with zero attached hydrogens (tertiary/aromatic N) is 2. The number of benzene rings is 1. The molecule has 1 heterocycles. The van der Waals surface area contributed by atoms with Crippen LogP contribution in [0.2, 0.25) is 0 Å². The average Bonchev–Trinajstić information content (AvgIpc) is 2.64. The highest BCUT2D eigenvalue weighted by Gasteiger charge is 2.09. The lowest BCUT2D eigenvalue weighted by atomic mass is 10.1. The topological polar surface area (TPSA) is 70.2 Å². The highest BCUT2D eigenvalue weighted by atomic mass is 16.3. The molecule has 0 aliphatic rings. The van der Waals surface area contributed by atoms with E-state index in [1.165, 1.54) is 5.56 Å². The molecule has 2 rings (SSSR count). The fraction of sp³-hybridized carbons (Fsp3) is 0.400. The van der Waals surface area contributed by atoms with Crippen LogP contribution in [0.4, 0.5) is 0 Å². The van der Waals surface area contributed by atoms with E-state index in [4.69, 9.17) is 0 Å². The van der Waals surface area contributed by atoms with Gasteiger partial charge in [0.15, 0.2) is 0 Å². The van der Waals surface area contributed by atoms with Gasteiger partial charge in [0, 0.05) is 29.1 Å². The van der Waals surface area contributed by atoms with Gasteiger partial charge in [0.05, 0.1) is 31.9 Å². The number of aliphatic imine (C=N–C) groups is 1. The molecular weight excluding hydrogens is 314 g/mol. The maximum absolute atomic E-state index is 10.1. The van der Waals surface area contributed by atoms with Crippen LogP contribution in [0.1, 0.15) is 41.8 Å². The summed E-state index contributed by atoms with van der Waals surface area (Å²) >= 11 is 0. The van der Waals surface area contributed by atoms with E-state index in [1.807, 2.05) is 0 Å². The van der Waals surface area contributed by atoms with E-state index >= 15 is 0 Å². The van der Waals surface area contributed by atoms with Crippen molar-refractivity contribution in [3.05, 3.63) is 58.4 Å². The van der Waals surface area contributed by atoms with Crippen molar-refractivity contribution >= 4 is 6.21 Å². The minimum Gasteiger partial charge on any atom is -0.505 e. The summed E-state index contributed by atoms with van der Waals surface area (Å²) in [6.07, 6.45) is 3.18. The number of aryl methyl sites for hydroxylation is 1. The Bertz CT molecular complexity index is 708. The van der Waals surface area contributed by atoms with E-state index in [0.717, 1.165) is 25.2 Å². The predicted octanol–water partition coefficient (Wildman–Crippen LogP) is 1.63. The number of hydrogen-bond acceptors (Lipinski definition) is 4. The minimum absolute atomic E-state index is 0.0767. The van der Waals surface area contributed by atoms with E-state index < -0.39 is 0 Å². The van der Waals surface area contributed by atoms with Crippen molar-refractivity contribution in [1.82, 2.24) is 4.98 Å². The summed E-state index contributed by atoms with van der Waals surface area (Å²) in [6, 6.07) is 8.51. The summed E-state index contributed by atoms with van der Waals surface area (Å²) in [5, 5.41) is 19.5. The lowest BCUT2D eigenvalue weighted by Crippen LogP contribution is -3.10. The molecule has 3 N–H and O–H groups in total. The molecule has 0 fully saturated rings. The van der Waals surface area contributed by atoms with E-state index in [2.05, 4.69) is 48.1 Å². The summed E-state index contributed by atoms with van der Waals surface area (Å²) in [5.74, 6) is 0.0767. The van der Waals surface area contributed by atoms with Crippen LogP contribution in [0.5, 0.6) is 5.75 Å². The van der Waals surface area contributed by atoms with Crippen LogP contribution >= 0.6 is 0 Å². The van der Waals surface area contributed by atoms with Crippen molar-refractivity contribution in [1.29, 1.82) is 0 Å². The Labute approximate surface area is 149 Å². The maximum Gasteiger partial charge on any atom is 0.145 e. The van der Waals surface area contributed by atoms with Crippen LogP contribution in [0.25, 0.3) is 0 Å². The van der Waals surface area contributed by atoms with Gasteiger partial charge in [-0.15, -0.1) is 0 Å². The number of aliphatic hydroxyl groups is 1. The van der Waals surface area contributed by atoms with Gasteiger partial charge < -0.3 is 15.1 Å². The molecule has 0 atom stereocenters. The molecule has 0 radical (unpaired) electrons. The van der Waals surface area contributed by atoms with Crippen LogP contribution in [-0.2, 0) is 19.7 Å². The predicted molar refractivity (Wildman–Crippen MR) is 100 cm³/mol. The van der Waals surface area contributed by atoms with Gasteiger partial charge in [-0.2, -0.15) is 0 Å². The van der Waals surface area contributed by atoms with Gasteiger partial charge >= 0.3 is 0 Å². The number of rotatable bonds is 8. The molecule has 5 heteroatoms. The van der Waals surface area contributed by atoms with E-state index in [1.54, 1.807) is 24.2 Å². The molecule has 1 aromatic heterocycles. The second-order valence-electron chi connectivity index (χ2n) is 6.21. The Morgan fingerprint density at radius 1 is 1.12 bits per heavy atom. The molecule has 0 aliphatic heterocycles. The second kappa shape index (κ2) is 9.30. The summed E-state index contributed by atoms with van der Waals surface area (Å²) in [5.41, 5.74) is 4.09. The van der Waals surface area contributed by atoms with E-state index in [0.29, 0.717) is 23.4 Å². The number of nitrogens with one attached hydrogen (secondary N) is 1. The lowest BCUT2D eigenvalue weighted by Gasteiger charge is -2.15. The number of pyridine rings is 1. The first-order chi connectivity index (χ1) is 12.1. The zero-order valence-electron chi connectivity index (χ0n) is 15.3. The van der Waals surface area contributed by atoms with Crippen molar-refractivity contribution in [3.63, 3.8) is 0 Å². The molecule has 25 heavy (non-hydrogen) atoms. The van der Waals surface area contributed by atoms with Crippen molar-refractivity contribution in [3.8, 4) is 5.75 Å². The number of aliphatic hydroxyl groups excluding tert-OH is 1. The van der Waals surface area contributed by atoms with Crippen LogP contribution in [0, 0.1) is 6.92 Å². The number of aromatic nitrogens is 1. The third-order valence-corrected chi connectivity index (χ3v) is 4.50. The van der Waals surface area contributed by atoms with Crippen molar-refractivity contribution in [2.75, 3.05) is 13.1 Å². The van der Waals surface area contributed by atoms with Crippen molar-refractivity contribution in [2.24, 2.45) is 4.99 Å². The maximum atomic E-state index is 10.1. The number of hydrogen-bond donors (Lipinski definition) is 3. The van der Waals surface area contributed by atoms with Gasteiger partial charge in [0.2, 0.25) is 0 Å². The van der Waals surface area contributed by atoms with Crippen LogP contribution in [-0.4, -0.2) is 34.5 Å². The zero-order chi connectivity index (χ0) is 18.2. The standard InChI is InChI=1S/C20H27N3O2/c1-4-23(5-2)13-17-8-6-16(7-9-17)10-21-12-19-18(14-24)11-22-15(3)20(19)25/h6-9,11-12,24-25H,4-5,10,13-14H2,1-3H3/p+1. The van der Waals surface area contributed by atoms with Crippen molar-refractivity contribution in [2.45, 2.75) is 40.5 Å². The first kappa shape index (κ1) is 19.1. The minimum atomic E-state index is -0.176. The SMILES string of the molecule is CC[NH+](CC)Cc1ccc(CN=Cc2c(CO)cnc(C)c2O)cc1. The molecule has 134 valence electrons. The summed E-state index contributed by atoms with van der Waals surface area (Å²) in [4.78, 5) is 10.0. The Balaban J connectivity index is 2.04. The monoisotopic (exact) mass is 342 g/mol. The average molecular weight is 342 g/mol. The summed E-state index contributed by atoms with van der Waals surface area (Å²) in [6.45, 7) is 9.80.